The van der Waals surface area contributed by atoms with Crippen molar-refractivity contribution in [1.82, 2.24) is 10.2 Å². The predicted octanol–water partition coefficient (Wildman–Crippen LogP) is 4.01. The second-order valence-corrected chi connectivity index (χ2v) is 7.26. The van der Waals surface area contributed by atoms with E-state index >= 15 is 0 Å². The van der Waals surface area contributed by atoms with Gasteiger partial charge in [-0.05, 0) is 12.7 Å². The lowest BCUT2D eigenvalue weighted by atomic mass is 10.1. The zero-order valence-corrected chi connectivity index (χ0v) is 13.1. The number of ketones is 1. The van der Waals surface area contributed by atoms with Gasteiger partial charge < -0.3 is 0 Å². The lowest BCUT2D eigenvalue weighted by molar-refractivity contribution is 0.0988. The van der Waals surface area contributed by atoms with Crippen molar-refractivity contribution in [2.24, 2.45) is 0 Å². The number of hydrogen-bond acceptors (Lipinski definition) is 6. The Morgan fingerprint density at radius 2 is 1.95 bits per heavy atom. The van der Waals surface area contributed by atoms with E-state index in [2.05, 4.69) is 10.2 Å². The van der Waals surface area contributed by atoms with Gasteiger partial charge in [0, 0.05) is 5.56 Å². The molecule has 1 aromatic carbocycles. The first-order chi connectivity index (χ1) is 9.24. The zero-order chi connectivity index (χ0) is 13.7. The van der Waals surface area contributed by atoms with Gasteiger partial charge in [0.1, 0.15) is 0 Å². The third-order valence-corrected chi connectivity index (χ3v) is 5.87. The first-order valence-corrected chi connectivity index (χ1v) is 8.80. The molecular weight excluding hydrogens is 296 g/mol. The molecule has 0 radical (unpaired) electrons. The van der Waals surface area contributed by atoms with Gasteiger partial charge in [-0.25, -0.2) is 0 Å². The van der Waals surface area contributed by atoms with Crippen LogP contribution in [0.15, 0.2) is 39.0 Å². The summed E-state index contributed by atoms with van der Waals surface area (Å²) in [6.07, 6.45) is 2.76. The number of thioether (sulfide) groups is 2. The standard InChI is InChI=1S/C13H14N2OS3/c1-3-10(11(16)9-7-5-4-6-8-9)18-13-15-14-12(17-2)19-13/h4-8,10H,3H2,1-2H3. The molecule has 0 aliphatic rings. The third kappa shape index (κ3) is 3.81. The van der Waals surface area contributed by atoms with Crippen molar-refractivity contribution in [2.75, 3.05) is 6.26 Å². The van der Waals surface area contributed by atoms with Gasteiger partial charge in [0.2, 0.25) is 0 Å². The molecule has 0 aliphatic carbocycles. The van der Waals surface area contributed by atoms with E-state index in [0.29, 0.717) is 0 Å². The molecule has 100 valence electrons. The summed E-state index contributed by atoms with van der Waals surface area (Å²) in [6.45, 7) is 2.02. The number of nitrogens with zero attached hydrogens (tertiary/aromatic N) is 2. The van der Waals surface area contributed by atoms with Gasteiger partial charge in [-0.15, -0.1) is 10.2 Å². The fourth-order valence-corrected chi connectivity index (χ4v) is 4.24. The zero-order valence-electron chi connectivity index (χ0n) is 10.7. The Hall–Kier alpha value is -0.850. The molecule has 1 atom stereocenters. The van der Waals surface area contributed by atoms with Crippen molar-refractivity contribution in [3.63, 3.8) is 0 Å². The minimum Gasteiger partial charge on any atom is -0.293 e. The Morgan fingerprint density at radius 3 is 2.53 bits per heavy atom. The van der Waals surface area contributed by atoms with Crippen LogP contribution in [0, 0.1) is 0 Å². The Bertz CT molecular complexity index is 542. The van der Waals surface area contributed by atoms with Gasteiger partial charge in [0.15, 0.2) is 14.5 Å². The first kappa shape index (κ1) is 14.6. The molecule has 2 aromatic rings. The number of carbonyl (C=O) groups excluding carboxylic acids is 1. The van der Waals surface area contributed by atoms with Crippen molar-refractivity contribution in [3.8, 4) is 0 Å². The maximum Gasteiger partial charge on any atom is 0.176 e. The Morgan fingerprint density at radius 1 is 1.26 bits per heavy atom. The molecule has 0 aliphatic heterocycles. The summed E-state index contributed by atoms with van der Waals surface area (Å²) in [5.74, 6) is 0.161. The molecule has 0 saturated carbocycles. The molecule has 19 heavy (non-hydrogen) atoms. The highest BCUT2D eigenvalue weighted by atomic mass is 32.2. The van der Waals surface area contributed by atoms with E-state index in [1.54, 1.807) is 23.1 Å². The monoisotopic (exact) mass is 310 g/mol. The Labute approximate surface area is 125 Å². The van der Waals surface area contributed by atoms with E-state index in [0.717, 1.165) is 20.7 Å². The number of aromatic nitrogens is 2. The van der Waals surface area contributed by atoms with Crippen LogP contribution in [0.1, 0.15) is 23.7 Å². The average Bonchev–Trinajstić information content (AvgIpc) is 2.92. The van der Waals surface area contributed by atoms with Gasteiger partial charge in [0.05, 0.1) is 5.25 Å². The number of rotatable bonds is 6. The SMILES string of the molecule is CCC(Sc1nnc(SC)s1)C(=O)c1ccccc1. The van der Waals surface area contributed by atoms with E-state index in [1.165, 1.54) is 11.8 Å². The Balaban J connectivity index is 2.10. The molecule has 0 amide bonds. The molecule has 1 unspecified atom stereocenters. The molecule has 0 fully saturated rings. The molecule has 3 nitrogen and oxygen atoms in total. The fraction of sp³-hybridized carbons (Fsp3) is 0.308. The topological polar surface area (TPSA) is 42.9 Å². The highest BCUT2D eigenvalue weighted by molar-refractivity contribution is 8.03. The molecule has 1 aromatic heterocycles. The molecule has 0 saturated heterocycles. The van der Waals surface area contributed by atoms with Gasteiger partial charge in [-0.1, -0.05) is 72.1 Å². The third-order valence-electron chi connectivity index (χ3n) is 2.53. The average molecular weight is 310 g/mol. The summed E-state index contributed by atoms with van der Waals surface area (Å²) in [5, 5.41) is 8.07. The minimum atomic E-state index is -0.0925. The van der Waals surface area contributed by atoms with Gasteiger partial charge in [0.25, 0.3) is 0 Å². The van der Waals surface area contributed by atoms with Crippen LogP contribution < -0.4 is 0 Å². The normalized spacial score (nSPS) is 12.3. The second kappa shape index (κ2) is 7.07. The Kier molecular flexibility index (Phi) is 5.42. The van der Waals surface area contributed by atoms with E-state index in [4.69, 9.17) is 0 Å². The van der Waals surface area contributed by atoms with Gasteiger partial charge >= 0.3 is 0 Å². The van der Waals surface area contributed by atoms with E-state index in [9.17, 15) is 4.79 Å². The van der Waals surface area contributed by atoms with Crippen LogP contribution in [0.4, 0.5) is 0 Å². The van der Waals surface area contributed by atoms with Crippen LogP contribution in [0.3, 0.4) is 0 Å². The van der Waals surface area contributed by atoms with E-state index in [1.807, 2.05) is 43.5 Å². The van der Waals surface area contributed by atoms with Crippen LogP contribution >= 0.6 is 34.9 Å². The number of Topliss-reactive ketones (excluding diaryl/α,β-unsaturated/α-hetero) is 1. The van der Waals surface area contributed by atoms with E-state index < -0.39 is 0 Å². The number of benzene rings is 1. The fourth-order valence-electron chi connectivity index (χ4n) is 1.56. The molecule has 0 bridgehead atoms. The maximum atomic E-state index is 12.4. The minimum absolute atomic E-state index is 0.0925. The first-order valence-electron chi connectivity index (χ1n) is 5.88. The summed E-state index contributed by atoms with van der Waals surface area (Å²) in [6, 6.07) is 9.42. The van der Waals surface area contributed by atoms with Crippen molar-refractivity contribution in [1.29, 1.82) is 0 Å². The second-order valence-electron chi connectivity index (χ2n) is 3.78. The van der Waals surface area contributed by atoms with Crippen LogP contribution in [0.2, 0.25) is 0 Å². The molecule has 2 rings (SSSR count). The van der Waals surface area contributed by atoms with Crippen LogP contribution in [-0.2, 0) is 0 Å². The summed E-state index contributed by atoms with van der Waals surface area (Å²) >= 11 is 4.63. The van der Waals surface area contributed by atoms with Crippen LogP contribution in [-0.4, -0.2) is 27.5 Å². The van der Waals surface area contributed by atoms with Crippen LogP contribution in [0.5, 0.6) is 0 Å². The predicted molar refractivity (Wildman–Crippen MR) is 82.4 cm³/mol. The highest BCUT2D eigenvalue weighted by Crippen LogP contribution is 2.32. The summed E-state index contributed by atoms with van der Waals surface area (Å²) in [4.78, 5) is 12.4. The van der Waals surface area contributed by atoms with Crippen LogP contribution in [0.25, 0.3) is 0 Å². The summed E-state index contributed by atoms with van der Waals surface area (Å²) in [5.41, 5.74) is 0.761. The highest BCUT2D eigenvalue weighted by Gasteiger charge is 2.21. The quantitative estimate of drug-likeness (QED) is 0.595. The summed E-state index contributed by atoms with van der Waals surface area (Å²) in [7, 11) is 0. The van der Waals surface area contributed by atoms with E-state index in [-0.39, 0.29) is 11.0 Å². The van der Waals surface area contributed by atoms with Gasteiger partial charge in [-0.2, -0.15) is 0 Å². The van der Waals surface area contributed by atoms with Crippen molar-refractivity contribution in [2.45, 2.75) is 27.3 Å². The molecular formula is C13H14N2OS3. The number of hydrogen-bond donors (Lipinski definition) is 0. The lowest BCUT2D eigenvalue weighted by Gasteiger charge is -2.11. The molecule has 0 spiro atoms. The smallest absolute Gasteiger partial charge is 0.176 e. The van der Waals surface area contributed by atoms with Gasteiger partial charge in [-0.3, -0.25) is 4.79 Å². The van der Waals surface area contributed by atoms with Crippen molar-refractivity contribution < 1.29 is 4.79 Å². The molecule has 1 heterocycles. The molecule has 6 heteroatoms. The lowest BCUT2D eigenvalue weighted by Crippen LogP contribution is -2.16. The largest absolute Gasteiger partial charge is 0.293 e. The maximum absolute atomic E-state index is 12.4. The molecule has 0 N–H and O–H groups in total. The number of carbonyl (C=O) groups is 1. The summed E-state index contributed by atoms with van der Waals surface area (Å²) < 4.78 is 1.80. The van der Waals surface area contributed by atoms with Crippen molar-refractivity contribution in [3.05, 3.63) is 35.9 Å². The van der Waals surface area contributed by atoms with Crippen molar-refractivity contribution >= 4 is 40.6 Å².